The summed E-state index contributed by atoms with van der Waals surface area (Å²) in [5.41, 5.74) is 23.1. The molecule has 348 valence electrons. The molecule has 0 bridgehead atoms. The molecule has 0 aromatic heterocycles. The zero-order valence-corrected chi connectivity index (χ0v) is 41.9. The lowest BCUT2D eigenvalue weighted by Crippen LogP contribution is -2.27. The number of rotatable bonds is 24. The highest BCUT2D eigenvalue weighted by molar-refractivity contribution is 5.89. The quantitative estimate of drug-likeness (QED) is 0.0435. The Balaban J connectivity index is 1.17. The highest BCUT2D eigenvalue weighted by atomic mass is 16.5. The lowest BCUT2D eigenvalue weighted by atomic mass is 9.70. The number of hydrogen-bond acceptors (Lipinski definition) is 1. The van der Waals surface area contributed by atoms with Crippen LogP contribution in [0.15, 0.2) is 134 Å². The Morgan fingerprint density at radius 3 is 1.04 bits per heavy atom. The van der Waals surface area contributed by atoms with Gasteiger partial charge in [0.25, 0.3) is 0 Å². The maximum Gasteiger partial charge on any atom is 0.0644 e. The van der Waals surface area contributed by atoms with Crippen LogP contribution in [0, 0.1) is 0 Å². The zero-order valence-electron chi connectivity index (χ0n) is 41.9. The highest BCUT2D eigenvalue weighted by Gasteiger charge is 2.46. The highest BCUT2D eigenvalue weighted by Crippen LogP contribution is 2.59. The molecule has 0 saturated carbocycles. The predicted octanol–water partition coefficient (Wildman–Crippen LogP) is 19.1. The fourth-order valence-electron chi connectivity index (χ4n) is 13.3. The van der Waals surface area contributed by atoms with Crippen molar-refractivity contribution in [3.8, 4) is 55.6 Å². The van der Waals surface area contributed by atoms with E-state index in [1.54, 1.807) is 22.3 Å². The lowest BCUT2D eigenvalue weighted by molar-refractivity contribution is 0.142. The number of ether oxygens (including phenoxy) is 1. The Morgan fingerprint density at radius 1 is 0.358 bits per heavy atom. The Kier molecular flexibility index (Phi) is 14.6. The van der Waals surface area contributed by atoms with Gasteiger partial charge in [-0.05, 0) is 152 Å². The van der Waals surface area contributed by atoms with Crippen molar-refractivity contribution in [2.45, 2.75) is 166 Å². The van der Waals surface area contributed by atoms with Crippen molar-refractivity contribution in [3.05, 3.63) is 167 Å². The first-order valence-corrected chi connectivity index (χ1v) is 26.9. The molecule has 0 aliphatic heterocycles. The van der Waals surface area contributed by atoms with Gasteiger partial charge in [-0.2, -0.15) is 0 Å². The second-order valence-electron chi connectivity index (χ2n) is 20.7. The van der Waals surface area contributed by atoms with Gasteiger partial charge in [-0.3, -0.25) is 0 Å². The molecule has 0 radical (unpaired) electrons. The van der Waals surface area contributed by atoms with Crippen LogP contribution in [0.25, 0.3) is 55.6 Å². The van der Waals surface area contributed by atoms with Gasteiger partial charge >= 0.3 is 0 Å². The van der Waals surface area contributed by atoms with E-state index in [4.69, 9.17) is 4.74 Å². The van der Waals surface area contributed by atoms with E-state index in [9.17, 15) is 0 Å². The average Bonchev–Trinajstić information content (AvgIpc) is 3.92. The topological polar surface area (TPSA) is 9.23 Å². The third-order valence-corrected chi connectivity index (χ3v) is 16.8. The Bertz CT molecular complexity index is 2490. The van der Waals surface area contributed by atoms with Crippen molar-refractivity contribution in [2.75, 3.05) is 13.2 Å². The molecule has 0 heterocycles. The van der Waals surface area contributed by atoms with Gasteiger partial charge in [-0.1, -0.05) is 215 Å². The van der Waals surface area contributed by atoms with E-state index >= 15 is 0 Å². The molecular formula is C66H78O. The Hall–Kier alpha value is -4.98. The molecule has 0 amide bonds. The molecule has 0 unspecified atom stereocenters. The first-order chi connectivity index (χ1) is 32.9. The third-order valence-electron chi connectivity index (χ3n) is 16.8. The molecule has 67 heavy (non-hydrogen) atoms. The molecule has 0 atom stereocenters. The first-order valence-electron chi connectivity index (χ1n) is 26.9. The summed E-state index contributed by atoms with van der Waals surface area (Å²) in [6, 6.07) is 48.8. The van der Waals surface area contributed by atoms with E-state index in [1.165, 1.54) is 169 Å². The first kappa shape index (κ1) is 47.1. The summed E-state index contributed by atoms with van der Waals surface area (Å²) >= 11 is 0. The van der Waals surface area contributed by atoms with Crippen LogP contribution in [0.1, 0.15) is 184 Å². The van der Waals surface area contributed by atoms with Gasteiger partial charge in [0.15, 0.2) is 0 Å². The fourth-order valence-corrected chi connectivity index (χ4v) is 13.3. The molecular weight excluding hydrogens is 809 g/mol. The van der Waals surface area contributed by atoms with Crippen LogP contribution in [0.5, 0.6) is 0 Å². The molecule has 9 rings (SSSR count). The van der Waals surface area contributed by atoms with Crippen molar-refractivity contribution in [1.29, 1.82) is 0 Å². The molecule has 1 heteroatoms. The molecule has 6 aromatic rings. The van der Waals surface area contributed by atoms with Gasteiger partial charge in [0.1, 0.15) is 0 Å². The van der Waals surface area contributed by atoms with Crippen LogP contribution in [-0.2, 0) is 21.0 Å². The summed E-state index contributed by atoms with van der Waals surface area (Å²) in [5, 5.41) is 0. The van der Waals surface area contributed by atoms with E-state index < -0.39 is 0 Å². The molecule has 3 aliphatic carbocycles. The number of hydrogen-bond donors (Lipinski definition) is 0. The SMILES string of the molecule is C=CCOCCC1(CCCCCC)c2cc(-c3ccc4c(c3)C(CCCC)(CCCC)c3ccccc3-4)ccc2-c2ccc(-c3ccc4c(c3)C(CCCC)(CCCC)c3ccccc3-4)cc21. The van der Waals surface area contributed by atoms with E-state index in [1.807, 2.05) is 6.08 Å². The largest absolute Gasteiger partial charge is 0.377 e. The molecule has 0 fully saturated rings. The van der Waals surface area contributed by atoms with Gasteiger partial charge in [0.2, 0.25) is 0 Å². The molecule has 0 N–H and O–H groups in total. The maximum atomic E-state index is 6.38. The monoisotopic (exact) mass is 887 g/mol. The Labute approximate surface area is 405 Å². The number of fused-ring (bicyclic) bond motifs is 9. The maximum absolute atomic E-state index is 6.38. The minimum absolute atomic E-state index is 0.0643. The van der Waals surface area contributed by atoms with E-state index in [2.05, 4.69) is 163 Å². The smallest absolute Gasteiger partial charge is 0.0644 e. The second kappa shape index (κ2) is 20.7. The van der Waals surface area contributed by atoms with Crippen LogP contribution in [0.4, 0.5) is 0 Å². The Morgan fingerprint density at radius 2 is 0.687 bits per heavy atom. The van der Waals surface area contributed by atoms with Gasteiger partial charge in [0.05, 0.1) is 6.61 Å². The summed E-state index contributed by atoms with van der Waals surface area (Å²) in [7, 11) is 0. The van der Waals surface area contributed by atoms with Gasteiger partial charge in [-0.25, -0.2) is 0 Å². The van der Waals surface area contributed by atoms with Crippen LogP contribution in [-0.4, -0.2) is 13.2 Å². The molecule has 6 aromatic carbocycles. The molecule has 0 saturated heterocycles. The van der Waals surface area contributed by atoms with Gasteiger partial charge in [-0.15, -0.1) is 6.58 Å². The zero-order chi connectivity index (χ0) is 46.4. The van der Waals surface area contributed by atoms with Crippen LogP contribution in [0.2, 0.25) is 0 Å². The van der Waals surface area contributed by atoms with Crippen molar-refractivity contribution < 1.29 is 4.74 Å². The van der Waals surface area contributed by atoms with Crippen molar-refractivity contribution in [2.24, 2.45) is 0 Å². The minimum atomic E-state index is -0.163. The minimum Gasteiger partial charge on any atom is -0.377 e. The summed E-state index contributed by atoms with van der Waals surface area (Å²) < 4.78 is 6.38. The standard InChI is InChI=1S/C66H78O/c1-7-13-18-23-40-66(41-43-67-42-12-6)62-46-50(48-28-32-54-52-24-19-21-26-58(52)64(36-14-8-2,37-15-9-3)60(54)44-48)30-34-56(62)57-35-31-51(47-63(57)66)49-29-33-55-53-25-20-22-27-59(53)65(38-16-10-4,39-17-11-5)61(55)45-49/h12,19-22,24-35,44-47H,6-11,13-18,23,36-43H2,1-5H3. The molecule has 0 spiro atoms. The normalized spacial score (nSPS) is 15.1. The van der Waals surface area contributed by atoms with Crippen LogP contribution >= 0.6 is 0 Å². The predicted molar refractivity (Wildman–Crippen MR) is 288 cm³/mol. The summed E-state index contributed by atoms with van der Waals surface area (Å²) in [4.78, 5) is 0. The number of benzene rings is 6. The van der Waals surface area contributed by atoms with Crippen LogP contribution < -0.4 is 0 Å². The van der Waals surface area contributed by atoms with E-state index in [0.717, 1.165) is 12.8 Å². The van der Waals surface area contributed by atoms with E-state index in [-0.39, 0.29) is 16.2 Å². The summed E-state index contributed by atoms with van der Waals surface area (Å²) in [6.45, 7) is 17.0. The fraction of sp³-hybridized carbons (Fsp3) is 0.424. The summed E-state index contributed by atoms with van der Waals surface area (Å²) in [6.07, 6.45) is 23.6. The molecule has 3 aliphatic rings. The van der Waals surface area contributed by atoms with Crippen molar-refractivity contribution in [3.63, 3.8) is 0 Å². The van der Waals surface area contributed by atoms with Gasteiger partial charge in [0, 0.05) is 22.9 Å². The molecule has 1 nitrogen and oxygen atoms in total. The average molecular weight is 887 g/mol. The van der Waals surface area contributed by atoms with Crippen LogP contribution in [0.3, 0.4) is 0 Å². The summed E-state index contributed by atoms with van der Waals surface area (Å²) in [5.74, 6) is 0. The second-order valence-corrected chi connectivity index (χ2v) is 20.7. The van der Waals surface area contributed by atoms with Crippen molar-refractivity contribution >= 4 is 0 Å². The van der Waals surface area contributed by atoms with Crippen molar-refractivity contribution in [1.82, 2.24) is 0 Å². The van der Waals surface area contributed by atoms with E-state index in [0.29, 0.717) is 13.2 Å². The third kappa shape index (κ3) is 8.41. The van der Waals surface area contributed by atoms with Gasteiger partial charge < -0.3 is 4.74 Å². The lowest BCUT2D eigenvalue weighted by Gasteiger charge is -2.34. The number of unbranched alkanes of at least 4 members (excludes halogenated alkanes) is 7.